The van der Waals surface area contributed by atoms with Crippen molar-refractivity contribution < 1.29 is 8.81 Å². The van der Waals surface area contributed by atoms with E-state index < -0.39 is 5.82 Å². The molecule has 0 saturated heterocycles. The Morgan fingerprint density at radius 2 is 1.68 bits per heavy atom. The maximum Gasteiger partial charge on any atom is 0.251 e. The van der Waals surface area contributed by atoms with Crippen LogP contribution in [-0.4, -0.2) is 10.2 Å². The average molecular weight is 255 g/mol. The molecule has 0 aliphatic carbocycles. The minimum atomic E-state index is -0.483. The molecule has 2 aromatic carbocycles. The molecule has 0 fully saturated rings. The molecule has 0 radical (unpaired) electrons. The summed E-state index contributed by atoms with van der Waals surface area (Å²) in [5, 5.41) is 7.77. The van der Waals surface area contributed by atoms with Gasteiger partial charge in [0.25, 0.3) is 5.89 Å². The van der Waals surface area contributed by atoms with Crippen molar-refractivity contribution in [3.8, 4) is 22.9 Å². The fourth-order valence-corrected chi connectivity index (χ4v) is 1.73. The van der Waals surface area contributed by atoms with Gasteiger partial charge in [0.1, 0.15) is 5.82 Å². The minimum Gasteiger partial charge on any atom is -0.416 e. The highest BCUT2D eigenvalue weighted by Crippen LogP contribution is 2.26. The standard InChI is InChI=1S/C14H10FN3O/c15-12-8-10(16)6-7-11(12)14-18-17-13(19-14)9-4-2-1-3-5-9/h1-8H,16H2. The molecular formula is C14H10FN3O. The van der Waals surface area contributed by atoms with E-state index in [-0.39, 0.29) is 11.5 Å². The largest absolute Gasteiger partial charge is 0.416 e. The minimum absolute atomic E-state index is 0.136. The highest BCUT2D eigenvalue weighted by Gasteiger charge is 2.13. The molecule has 3 aromatic rings. The van der Waals surface area contributed by atoms with Gasteiger partial charge in [0.2, 0.25) is 5.89 Å². The Kier molecular flexibility index (Phi) is 2.72. The second-order valence-electron chi connectivity index (χ2n) is 4.02. The number of anilines is 1. The molecule has 4 nitrogen and oxygen atoms in total. The van der Waals surface area contributed by atoms with Crippen LogP contribution in [0.5, 0.6) is 0 Å². The van der Waals surface area contributed by atoms with Crippen LogP contribution in [-0.2, 0) is 0 Å². The van der Waals surface area contributed by atoms with Gasteiger partial charge >= 0.3 is 0 Å². The molecule has 1 aromatic heterocycles. The van der Waals surface area contributed by atoms with E-state index in [4.69, 9.17) is 10.2 Å². The number of nitrogens with two attached hydrogens (primary N) is 1. The van der Waals surface area contributed by atoms with Gasteiger partial charge in [-0.15, -0.1) is 10.2 Å². The normalized spacial score (nSPS) is 10.6. The first-order valence-electron chi connectivity index (χ1n) is 5.68. The summed E-state index contributed by atoms with van der Waals surface area (Å²) in [4.78, 5) is 0. The second-order valence-corrected chi connectivity index (χ2v) is 4.02. The summed E-state index contributed by atoms with van der Waals surface area (Å²) in [6.45, 7) is 0. The van der Waals surface area contributed by atoms with Gasteiger partial charge in [-0.3, -0.25) is 0 Å². The first-order valence-corrected chi connectivity index (χ1v) is 5.68. The lowest BCUT2D eigenvalue weighted by atomic mass is 10.2. The fraction of sp³-hybridized carbons (Fsp3) is 0. The number of aromatic nitrogens is 2. The molecule has 0 bridgehead atoms. The third-order valence-corrected chi connectivity index (χ3v) is 2.67. The van der Waals surface area contributed by atoms with Gasteiger partial charge in [0, 0.05) is 11.3 Å². The molecule has 94 valence electrons. The average Bonchev–Trinajstić information content (AvgIpc) is 2.89. The summed E-state index contributed by atoms with van der Waals surface area (Å²) in [6, 6.07) is 13.6. The number of hydrogen-bond acceptors (Lipinski definition) is 4. The molecule has 0 aliphatic rings. The highest BCUT2D eigenvalue weighted by molar-refractivity contribution is 5.60. The van der Waals surface area contributed by atoms with Crippen molar-refractivity contribution >= 4 is 5.69 Å². The van der Waals surface area contributed by atoms with E-state index in [1.54, 1.807) is 6.07 Å². The van der Waals surface area contributed by atoms with Crippen LogP contribution < -0.4 is 5.73 Å². The third-order valence-electron chi connectivity index (χ3n) is 2.67. The van der Waals surface area contributed by atoms with E-state index in [1.807, 2.05) is 30.3 Å². The zero-order chi connectivity index (χ0) is 13.2. The van der Waals surface area contributed by atoms with Crippen LogP contribution in [0.25, 0.3) is 22.9 Å². The van der Waals surface area contributed by atoms with Crippen LogP contribution in [0.2, 0.25) is 0 Å². The Morgan fingerprint density at radius 3 is 2.42 bits per heavy atom. The number of hydrogen-bond donors (Lipinski definition) is 1. The molecular weight excluding hydrogens is 245 g/mol. The maximum atomic E-state index is 13.7. The number of nitrogens with zero attached hydrogens (tertiary/aromatic N) is 2. The van der Waals surface area contributed by atoms with E-state index in [0.717, 1.165) is 5.56 Å². The summed E-state index contributed by atoms with van der Waals surface area (Å²) in [7, 11) is 0. The molecule has 5 heteroatoms. The molecule has 3 rings (SSSR count). The van der Waals surface area contributed by atoms with Crippen molar-refractivity contribution in [2.75, 3.05) is 5.73 Å². The first-order chi connectivity index (χ1) is 9.24. The Balaban J connectivity index is 2.02. The van der Waals surface area contributed by atoms with Crippen molar-refractivity contribution in [3.05, 3.63) is 54.3 Å². The molecule has 0 amide bonds. The quantitative estimate of drug-likeness (QED) is 0.714. The number of halogens is 1. The van der Waals surface area contributed by atoms with Crippen molar-refractivity contribution in [1.82, 2.24) is 10.2 Å². The van der Waals surface area contributed by atoms with Crippen molar-refractivity contribution in [1.29, 1.82) is 0 Å². The number of nitrogen functional groups attached to an aromatic ring is 1. The maximum absolute atomic E-state index is 13.7. The van der Waals surface area contributed by atoms with Crippen LogP contribution >= 0.6 is 0 Å². The Morgan fingerprint density at radius 1 is 0.947 bits per heavy atom. The Hall–Kier alpha value is -2.69. The molecule has 0 unspecified atom stereocenters. The van der Waals surface area contributed by atoms with Crippen molar-refractivity contribution in [2.45, 2.75) is 0 Å². The smallest absolute Gasteiger partial charge is 0.251 e. The van der Waals surface area contributed by atoms with Gasteiger partial charge in [-0.05, 0) is 30.3 Å². The molecule has 0 saturated carbocycles. The Bertz CT molecular complexity index is 710. The highest BCUT2D eigenvalue weighted by atomic mass is 19.1. The molecule has 2 N–H and O–H groups in total. The fourth-order valence-electron chi connectivity index (χ4n) is 1.73. The number of rotatable bonds is 2. The van der Waals surface area contributed by atoms with Gasteiger partial charge in [-0.1, -0.05) is 18.2 Å². The SMILES string of the molecule is Nc1ccc(-c2nnc(-c3ccccc3)o2)c(F)c1. The predicted octanol–water partition coefficient (Wildman–Crippen LogP) is 3.12. The van der Waals surface area contributed by atoms with Gasteiger partial charge in [-0.2, -0.15) is 0 Å². The van der Waals surface area contributed by atoms with Gasteiger partial charge in [0.05, 0.1) is 5.56 Å². The van der Waals surface area contributed by atoms with E-state index in [0.29, 0.717) is 11.6 Å². The molecule has 0 atom stereocenters. The van der Waals surface area contributed by atoms with Crippen LogP contribution in [0.1, 0.15) is 0 Å². The van der Waals surface area contributed by atoms with E-state index in [9.17, 15) is 4.39 Å². The van der Waals surface area contributed by atoms with Crippen LogP contribution in [0.4, 0.5) is 10.1 Å². The summed E-state index contributed by atoms with van der Waals surface area (Å²) >= 11 is 0. The van der Waals surface area contributed by atoms with Crippen LogP contribution in [0.15, 0.2) is 52.9 Å². The second kappa shape index (κ2) is 4.53. The Labute approximate surface area is 108 Å². The topological polar surface area (TPSA) is 64.9 Å². The summed E-state index contributed by atoms with van der Waals surface area (Å²) in [5.41, 5.74) is 6.87. The van der Waals surface area contributed by atoms with Crippen molar-refractivity contribution in [2.24, 2.45) is 0 Å². The number of benzene rings is 2. The lowest BCUT2D eigenvalue weighted by molar-refractivity contribution is 0.571. The molecule has 1 heterocycles. The monoisotopic (exact) mass is 255 g/mol. The summed E-state index contributed by atoms with van der Waals surface area (Å²) < 4.78 is 19.2. The van der Waals surface area contributed by atoms with E-state index in [1.165, 1.54) is 12.1 Å². The van der Waals surface area contributed by atoms with Crippen molar-refractivity contribution in [3.63, 3.8) is 0 Å². The lowest BCUT2D eigenvalue weighted by Crippen LogP contribution is -1.89. The molecule has 0 aliphatic heterocycles. The van der Waals surface area contributed by atoms with Gasteiger partial charge in [0.15, 0.2) is 0 Å². The van der Waals surface area contributed by atoms with E-state index >= 15 is 0 Å². The van der Waals surface area contributed by atoms with E-state index in [2.05, 4.69) is 10.2 Å². The third kappa shape index (κ3) is 2.18. The summed E-state index contributed by atoms with van der Waals surface area (Å²) in [6.07, 6.45) is 0. The zero-order valence-corrected chi connectivity index (χ0v) is 9.88. The predicted molar refractivity (Wildman–Crippen MR) is 69.5 cm³/mol. The van der Waals surface area contributed by atoms with Crippen LogP contribution in [0, 0.1) is 5.82 Å². The molecule has 19 heavy (non-hydrogen) atoms. The first kappa shape index (κ1) is 11.4. The van der Waals surface area contributed by atoms with Gasteiger partial charge in [-0.25, -0.2) is 4.39 Å². The summed E-state index contributed by atoms with van der Waals surface area (Å²) in [5.74, 6) is 0.00596. The lowest BCUT2D eigenvalue weighted by Gasteiger charge is -1.98. The molecule has 0 spiro atoms. The zero-order valence-electron chi connectivity index (χ0n) is 9.88. The van der Waals surface area contributed by atoms with Gasteiger partial charge < -0.3 is 10.2 Å². The van der Waals surface area contributed by atoms with Crippen LogP contribution in [0.3, 0.4) is 0 Å².